The van der Waals surface area contributed by atoms with Crippen LogP contribution in [0.5, 0.6) is 0 Å². The topological polar surface area (TPSA) is 88.1 Å². The SMILES string of the molecule is O=C(OC[C@H]1OC(Br)[C@H](OC(=O)c2ccccc2)[C@@H]1OC(=O)c1ccccc1)c1ccccc1. The summed E-state index contributed by atoms with van der Waals surface area (Å²) in [6, 6.07) is 25.4. The van der Waals surface area contributed by atoms with Gasteiger partial charge in [0.05, 0.1) is 16.7 Å². The molecule has 0 amide bonds. The van der Waals surface area contributed by atoms with Gasteiger partial charge in [-0.25, -0.2) is 14.4 Å². The van der Waals surface area contributed by atoms with E-state index in [0.29, 0.717) is 16.7 Å². The number of esters is 3. The van der Waals surface area contributed by atoms with Gasteiger partial charge in [-0.1, -0.05) is 70.5 Å². The summed E-state index contributed by atoms with van der Waals surface area (Å²) in [6.45, 7) is -0.206. The summed E-state index contributed by atoms with van der Waals surface area (Å²) in [4.78, 5) is 37.8. The highest BCUT2D eigenvalue weighted by Crippen LogP contribution is 2.32. The van der Waals surface area contributed by atoms with Gasteiger partial charge in [0.1, 0.15) is 12.7 Å². The third kappa shape index (κ3) is 5.70. The molecule has 34 heavy (non-hydrogen) atoms. The number of carbonyl (C=O) groups excluding carboxylic acids is 3. The monoisotopic (exact) mass is 524 g/mol. The molecule has 4 rings (SSSR count). The average molecular weight is 525 g/mol. The maximum atomic E-state index is 12.8. The zero-order valence-corrected chi connectivity index (χ0v) is 19.5. The first-order chi connectivity index (χ1) is 16.5. The van der Waals surface area contributed by atoms with Crippen molar-refractivity contribution in [2.24, 2.45) is 0 Å². The smallest absolute Gasteiger partial charge is 0.338 e. The molecule has 174 valence electrons. The van der Waals surface area contributed by atoms with E-state index < -0.39 is 41.2 Å². The molecule has 0 bridgehead atoms. The molecule has 1 heterocycles. The lowest BCUT2D eigenvalue weighted by molar-refractivity contribution is -0.0435. The zero-order chi connectivity index (χ0) is 23.9. The number of alkyl halides is 1. The predicted octanol–water partition coefficient (Wildman–Crippen LogP) is 4.41. The van der Waals surface area contributed by atoms with Crippen molar-refractivity contribution >= 4 is 33.8 Å². The molecule has 1 aliphatic rings. The van der Waals surface area contributed by atoms with Crippen LogP contribution < -0.4 is 0 Å². The predicted molar refractivity (Wildman–Crippen MR) is 126 cm³/mol. The summed E-state index contributed by atoms with van der Waals surface area (Å²) in [5, 5.41) is -0.783. The Kier molecular flexibility index (Phi) is 7.72. The minimum absolute atomic E-state index is 0.206. The Bertz CT molecular complexity index is 1120. The van der Waals surface area contributed by atoms with Crippen molar-refractivity contribution in [3.05, 3.63) is 108 Å². The molecule has 0 aliphatic carbocycles. The van der Waals surface area contributed by atoms with Gasteiger partial charge >= 0.3 is 17.9 Å². The molecule has 1 saturated heterocycles. The average Bonchev–Trinajstić information content (AvgIpc) is 3.17. The molecule has 1 fully saturated rings. The molecule has 0 saturated carbocycles. The minimum Gasteiger partial charge on any atom is -0.459 e. The molecule has 3 aromatic rings. The Morgan fingerprint density at radius 1 is 0.647 bits per heavy atom. The quantitative estimate of drug-likeness (QED) is 0.257. The fourth-order valence-corrected chi connectivity index (χ4v) is 4.11. The highest BCUT2D eigenvalue weighted by Gasteiger charge is 2.49. The number of rotatable bonds is 7. The fourth-order valence-electron chi connectivity index (χ4n) is 3.43. The summed E-state index contributed by atoms with van der Waals surface area (Å²) in [7, 11) is 0. The Morgan fingerprint density at radius 2 is 1.06 bits per heavy atom. The van der Waals surface area contributed by atoms with E-state index >= 15 is 0 Å². The zero-order valence-electron chi connectivity index (χ0n) is 17.9. The highest BCUT2D eigenvalue weighted by molar-refractivity contribution is 9.09. The van der Waals surface area contributed by atoms with Gasteiger partial charge in [0, 0.05) is 0 Å². The summed E-state index contributed by atoms with van der Waals surface area (Å²) in [5.41, 5.74) is 1.05. The lowest BCUT2D eigenvalue weighted by Gasteiger charge is -2.23. The van der Waals surface area contributed by atoms with Crippen LogP contribution in [-0.4, -0.2) is 47.8 Å². The van der Waals surface area contributed by atoms with Crippen LogP contribution in [0.3, 0.4) is 0 Å². The molecule has 0 radical (unpaired) electrons. The number of ether oxygens (including phenoxy) is 4. The summed E-state index contributed by atoms with van der Waals surface area (Å²) in [5.74, 6) is -1.76. The van der Waals surface area contributed by atoms with Crippen LogP contribution in [0.1, 0.15) is 31.1 Å². The van der Waals surface area contributed by atoms with Crippen molar-refractivity contribution < 1.29 is 33.3 Å². The van der Waals surface area contributed by atoms with Crippen molar-refractivity contribution in [3.63, 3.8) is 0 Å². The van der Waals surface area contributed by atoms with Crippen molar-refractivity contribution in [2.45, 2.75) is 23.3 Å². The van der Waals surface area contributed by atoms with Crippen molar-refractivity contribution in [2.75, 3.05) is 6.61 Å². The van der Waals surface area contributed by atoms with E-state index in [0.717, 1.165) is 0 Å². The third-order valence-corrected chi connectivity index (χ3v) is 5.88. The van der Waals surface area contributed by atoms with E-state index in [2.05, 4.69) is 15.9 Å². The molecule has 0 N–H and O–H groups in total. The molecule has 0 aromatic heterocycles. The van der Waals surface area contributed by atoms with Gasteiger partial charge in [-0.15, -0.1) is 0 Å². The fraction of sp³-hybridized carbons (Fsp3) is 0.192. The van der Waals surface area contributed by atoms with Gasteiger partial charge in [-0.3, -0.25) is 0 Å². The van der Waals surface area contributed by atoms with E-state index in [9.17, 15) is 14.4 Å². The second-order valence-electron chi connectivity index (χ2n) is 7.46. The summed E-state index contributed by atoms with van der Waals surface area (Å²) >= 11 is 3.35. The molecule has 1 unspecified atom stereocenters. The second-order valence-corrected chi connectivity index (χ2v) is 8.36. The van der Waals surface area contributed by atoms with E-state index in [-0.39, 0.29) is 6.61 Å². The first-order valence-corrected chi connectivity index (χ1v) is 11.5. The van der Waals surface area contributed by atoms with Gasteiger partial charge in [-0.05, 0) is 36.4 Å². The van der Waals surface area contributed by atoms with Crippen molar-refractivity contribution in [3.8, 4) is 0 Å². The van der Waals surface area contributed by atoms with E-state index in [4.69, 9.17) is 18.9 Å². The Morgan fingerprint density at radius 3 is 1.53 bits per heavy atom. The van der Waals surface area contributed by atoms with E-state index in [1.807, 2.05) is 0 Å². The molecule has 0 spiro atoms. The largest absolute Gasteiger partial charge is 0.459 e. The molecule has 1 aliphatic heterocycles. The van der Waals surface area contributed by atoms with Crippen LogP contribution in [-0.2, 0) is 18.9 Å². The number of hydrogen-bond acceptors (Lipinski definition) is 7. The summed E-state index contributed by atoms with van der Waals surface area (Å²) in [6.07, 6.45) is -2.85. The normalized spacial score (nSPS) is 21.4. The lowest BCUT2D eigenvalue weighted by atomic mass is 10.1. The van der Waals surface area contributed by atoms with Crippen LogP contribution in [0.4, 0.5) is 0 Å². The first kappa shape index (κ1) is 23.7. The number of halogens is 1. The van der Waals surface area contributed by atoms with E-state index in [1.54, 1.807) is 91.0 Å². The van der Waals surface area contributed by atoms with Crippen LogP contribution in [0.2, 0.25) is 0 Å². The minimum atomic E-state index is -1.02. The van der Waals surface area contributed by atoms with Crippen LogP contribution in [0.25, 0.3) is 0 Å². The maximum absolute atomic E-state index is 12.8. The standard InChI is InChI=1S/C26H21BrO7/c27-23-22(34-26(30)19-14-8-3-9-15-19)21(33-25(29)18-12-6-2-7-13-18)20(32-23)16-31-24(28)17-10-4-1-5-11-17/h1-15,20-23H,16H2/t20-,21-,22-,23?/m1/s1. The lowest BCUT2D eigenvalue weighted by Crippen LogP contribution is -2.41. The van der Waals surface area contributed by atoms with Crippen molar-refractivity contribution in [1.29, 1.82) is 0 Å². The van der Waals surface area contributed by atoms with Gasteiger partial charge in [0.15, 0.2) is 17.2 Å². The Balaban J connectivity index is 1.51. The van der Waals surface area contributed by atoms with Gasteiger partial charge < -0.3 is 18.9 Å². The van der Waals surface area contributed by atoms with Crippen LogP contribution >= 0.6 is 15.9 Å². The Hall–Kier alpha value is -3.49. The number of benzene rings is 3. The van der Waals surface area contributed by atoms with Crippen LogP contribution in [0.15, 0.2) is 91.0 Å². The number of hydrogen-bond donors (Lipinski definition) is 0. The molecular formula is C26H21BrO7. The van der Waals surface area contributed by atoms with Gasteiger partial charge in [0.25, 0.3) is 0 Å². The maximum Gasteiger partial charge on any atom is 0.338 e. The van der Waals surface area contributed by atoms with E-state index in [1.165, 1.54) is 0 Å². The first-order valence-electron chi connectivity index (χ1n) is 10.6. The summed E-state index contributed by atoms with van der Waals surface area (Å²) < 4.78 is 22.6. The molecule has 4 atom stereocenters. The Labute approximate surface area is 204 Å². The molecule has 7 nitrogen and oxygen atoms in total. The van der Waals surface area contributed by atoms with Gasteiger partial charge in [-0.2, -0.15) is 0 Å². The van der Waals surface area contributed by atoms with Crippen LogP contribution in [0, 0.1) is 0 Å². The molecular weight excluding hydrogens is 504 g/mol. The van der Waals surface area contributed by atoms with Crippen molar-refractivity contribution in [1.82, 2.24) is 0 Å². The third-order valence-electron chi connectivity index (χ3n) is 5.15. The molecule has 8 heteroatoms. The molecule has 3 aromatic carbocycles. The van der Waals surface area contributed by atoms with Gasteiger partial charge in [0.2, 0.25) is 0 Å². The second kappa shape index (κ2) is 11.1. The highest BCUT2D eigenvalue weighted by atomic mass is 79.9. The number of carbonyl (C=O) groups is 3.